The van der Waals surface area contributed by atoms with Gasteiger partial charge < -0.3 is 4.90 Å². The van der Waals surface area contributed by atoms with Crippen LogP contribution >= 0.6 is 34.3 Å². The Morgan fingerprint density at radius 1 is 1.20 bits per heavy atom. The van der Waals surface area contributed by atoms with Crippen LogP contribution in [0.25, 0.3) is 0 Å². The van der Waals surface area contributed by atoms with Gasteiger partial charge in [0.15, 0.2) is 0 Å². The second-order valence-corrected chi connectivity index (χ2v) is 9.08. The van der Waals surface area contributed by atoms with Crippen molar-refractivity contribution in [2.45, 2.75) is 20.0 Å². The average Bonchev–Trinajstić information content (AvgIpc) is 3.26. The van der Waals surface area contributed by atoms with Crippen LogP contribution in [-0.4, -0.2) is 59.9 Å². The Labute approximate surface area is 162 Å². The first kappa shape index (κ1) is 18.9. The largest absolute Gasteiger partial charge is 0.339 e. The molecule has 1 fully saturated rings. The molecule has 1 aliphatic rings. The molecule has 3 rings (SSSR count). The number of piperazine rings is 1. The molecule has 0 unspecified atom stereocenters. The Hall–Kier alpha value is -0.920. The van der Waals surface area contributed by atoms with E-state index < -0.39 is 0 Å². The van der Waals surface area contributed by atoms with Gasteiger partial charge in [-0.15, -0.1) is 22.7 Å². The van der Waals surface area contributed by atoms with Gasteiger partial charge in [-0.05, 0) is 30.1 Å². The van der Waals surface area contributed by atoms with Crippen molar-refractivity contribution in [3.05, 3.63) is 43.7 Å². The van der Waals surface area contributed by atoms with Gasteiger partial charge in [0, 0.05) is 49.0 Å². The van der Waals surface area contributed by atoms with Crippen molar-refractivity contribution >= 4 is 40.2 Å². The monoisotopic (exact) mass is 397 g/mol. The van der Waals surface area contributed by atoms with Gasteiger partial charge in [0.1, 0.15) is 0 Å². The SMILES string of the molecule is CCN(CC(=O)N1CCN(Cc2cccs2)CC1)Cc1ccc(Cl)s1. The molecular weight excluding hydrogens is 374 g/mol. The van der Waals surface area contributed by atoms with Crippen molar-refractivity contribution in [1.29, 1.82) is 0 Å². The fraction of sp³-hybridized carbons (Fsp3) is 0.500. The Morgan fingerprint density at radius 3 is 2.60 bits per heavy atom. The Balaban J connectivity index is 1.45. The van der Waals surface area contributed by atoms with Gasteiger partial charge in [0.05, 0.1) is 10.9 Å². The maximum absolute atomic E-state index is 12.6. The molecular formula is C18H24ClN3OS2. The van der Waals surface area contributed by atoms with E-state index in [1.807, 2.05) is 17.0 Å². The fourth-order valence-electron chi connectivity index (χ4n) is 3.01. The number of nitrogens with zero attached hydrogens (tertiary/aromatic N) is 3. The predicted octanol–water partition coefficient (Wildman–Crippen LogP) is 3.63. The highest BCUT2D eigenvalue weighted by Crippen LogP contribution is 2.22. The van der Waals surface area contributed by atoms with Gasteiger partial charge in [-0.1, -0.05) is 24.6 Å². The topological polar surface area (TPSA) is 26.8 Å². The summed E-state index contributed by atoms with van der Waals surface area (Å²) < 4.78 is 0.805. The van der Waals surface area contributed by atoms with E-state index in [2.05, 4.69) is 34.2 Å². The molecule has 1 aliphatic heterocycles. The minimum atomic E-state index is 0.236. The van der Waals surface area contributed by atoms with Crippen LogP contribution in [0.2, 0.25) is 4.34 Å². The summed E-state index contributed by atoms with van der Waals surface area (Å²) in [4.78, 5) is 21.9. The normalized spacial score (nSPS) is 15.9. The molecule has 3 heterocycles. The summed E-state index contributed by atoms with van der Waals surface area (Å²) in [7, 11) is 0. The molecule has 7 heteroatoms. The lowest BCUT2D eigenvalue weighted by Crippen LogP contribution is -2.50. The summed E-state index contributed by atoms with van der Waals surface area (Å²) in [5.74, 6) is 0.236. The van der Waals surface area contributed by atoms with Gasteiger partial charge in [-0.25, -0.2) is 0 Å². The zero-order valence-electron chi connectivity index (χ0n) is 14.5. The molecule has 25 heavy (non-hydrogen) atoms. The Bertz CT molecular complexity index is 666. The third-order valence-corrected chi connectivity index (χ3v) is 6.58. The summed E-state index contributed by atoms with van der Waals surface area (Å²) in [6.07, 6.45) is 0. The number of hydrogen-bond acceptors (Lipinski definition) is 5. The zero-order valence-corrected chi connectivity index (χ0v) is 16.9. The smallest absolute Gasteiger partial charge is 0.236 e. The van der Waals surface area contributed by atoms with Gasteiger partial charge in [0.2, 0.25) is 5.91 Å². The summed E-state index contributed by atoms with van der Waals surface area (Å²) >= 11 is 9.39. The number of hydrogen-bond donors (Lipinski definition) is 0. The lowest BCUT2D eigenvalue weighted by molar-refractivity contribution is -0.134. The molecule has 0 aromatic carbocycles. The third-order valence-electron chi connectivity index (χ3n) is 4.50. The fourth-order valence-corrected chi connectivity index (χ4v) is 4.88. The molecule has 0 saturated carbocycles. The molecule has 0 radical (unpaired) electrons. The van der Waals surface area contributed by atoms with E-state index in [1.165, 1.54) is 9.75 Å². The Kier molecular flexibility index (Phi) is 6.90. The molecule has 1 saturated heterocycles. The number of carbonyl (C=O) groups is 1. The average molecular weight is 398 g/mol. The van der Waals surface area contributed by atoms with Crippen LogP contribution in [0.1, 0.15) is 16.7 Å². The number of thiophene rings is 2. The minimum absolute atomic E-state index is 0.236. The number of rotatable bonds is 7. The molecule has 0 atom stereocenters. The van der Waals surface area contributed by atoms with Crippen molar-refractivity contribution in [2.75, 3.05) is 39.3 Å². The first-order chi connectivity index (χ1) is 12.1. The second kappa shape index (κ2) is 9.14. The maximum atomic E-state index is 12.6. The first-order valence-corrected chi connectivity index (χ1v) is 10.7. The van der Waals surface area contributed by atoms with Crippen LogP contribution in [0.5, 0.6) is 0 Å². The highest BCUT2D eigenvalue weighted by Gasteiger charge is 2.22. The van der Waals surface area contributed by atoms with Crippen LogP contribution in [0.15, 0.2) is 29.6 Å². The van der Waals surface area contributed by atoms with E-state index in [0.29, 0.717) is 6.54 Å². The molecule has 136 valence electrons. The maximum Gasteiger partial charge on any atom is 0.236 e. The number of amides is 1. The van der Waals surface area contributed by atoms with E-state index in [1.54, 1.807) is 22.7 Å². The lowest BCUT2D eigenvalue weighted by atomic mass is 10.3. The standard InChI is InChI=1S/C18H24ClN3OS2/c1-2-20(13-16-5-6-17(19)25-16)14-18(23)22-9-7-21(8-10-22)12-15-4-3-11-24-15/h3-6,11H,2,7-10,12-14H2,1H3. The van der Waals surface area contributed by atoms with Gasteiger partial charge in [0.25, 0.3) is 0 Å². The predicted molar refractivity (Wildman–Crippen MR) is 106 cm³/mol. The van der Waals surface area contributed by atoms with Gasteiger partial charge in [-0.2, -0.15) is 0 Å². The van der Waals surface area contributed by atoms with Crippen molar-refractivity contribution in [3.63, 3.8) is 0 Å². The van der Waals surface area contributed by atoms with E-state index >= 15 is 0 Å². The lowest BCUT2D eigenvalue weighted by Gasteiger charge is -2.35. The highest BCUT2D eigenvalue weighted by atomic mass is 35.5. The number of halogens is 1. The van der Waals surface area contributed by atoms with E-state index in [0.717, 1.165) is 50.1 Å². The van der Waals surface area contributed by atoms with Crippen molar-refractivity contribution in [1.82, 2.24) is 14.7 Å². The summed E-state index contributed by atoms with van der Waals surface area (Å²) in [6.45, 7) is 8.79. The van der Waals surface area contributed by atoms with Crippen LogP contribution < -0.4 is 0 Å². The van der Waals surface area contributed by atoms with Gasteiger partial charge >= 0.3 is 0 Å². The molecule has 0 aliphatic carbocycles. The molecule has 2 aromatic rings. The molecule has 0 spiro atoms. The summed E-state index contributed by atoms with van der Waals surface area (Å²) in [5.41, 5.74) is 0. The second-order valence-electron chi connectivity index (χ2n) is 6.25. The van der Waals surface area contributed by atoms with Crippen molar-refractivity contribution in [3.8, 4) is 0 Å². The van der Waals surface area contributed by atoms with Gasteiger partial charge in [-0.3, -0.25) is 14.6 Å². The molecule has 4 nitrogen and oxygen atoms in total. The molecule has 0 N–H and O–H groups in total. The van der Waals surface area contributed by atoms with E-state index in [-0.39, 0.29) is 5.91 Å². The third kappa shape index (κ3) is 5.53. The van der Waals surface area contributed by atoms with Crippen LogP contribution in [-0.2, 0) is 17.9 Å². The first-order valence-electron chi connectivity index (χ1n) is 8.63. The molecule has 2 aromatic heterocycles. The van der Waals surface area contributed by atoms with E-state index in [9.17, 15) is 4.79 Å². The minimum Gasteiger partial charge on any atom is -0.339 e. The zero-order chi connectivity index (χ0) is 17.6. The van der Waals surface area contributed by atoms with Crippen LogP contribution in [0.3, 0.4) is 0 Å². The summed E-state index contributed by atoms with van der Waals surface area (Å²) in [5, 5.41) is 2.12. The summed E-state index contributed by atoms with van der Waals surface area (Å²) in [6, 6.07) is 8.24. The quantitative estimate of drug-likeness (QED) is 0.713. The van der Waals surface area contributed by atoms with E-state index in [4.69, 9.17) is 11.6 Å². The van der Waals surface area contributed by atoms with Crippen molar-refractivity contribution < 1.29 is 4.79 Å². The number of likely N-dealkylation sites (N-methyl/N-ethyl adjacent to an activating group) is 1. The van der Waals surface area contributed by atoms with Crippen molar-refractivity contribution in [2.24, 2.45) is 0 Å². The van der Waals surface area contributed by atoms with Crippen LogP contribution in [0, 0.1) is 0 Å². The van der Waals surface area contributed by atoms with Crippen LogP contribution in [0.4, 0.5) is 0 Å². The molecule has 1 amide bonds. The molecule has 0 bridgehead atoms. The highest BCUT2D eigenvalue weighted by molar-refractivity contribution is 7.16. The Morgan fingerprint density at radius 2 is 2.00 bits per heavy atom. The number of carbonyl (C=O) groups excluding carboxylic acids is 1.